The van der Waals surface area contributed by atoms with E-state index in [1.807, 2.05) is 4.72 Å². The minimum Gasteiger partial charge on any atom is -0.476 e. The molecule has 0 atom stereocenters. The first-order valence-corrected chi connectivity index (χ1v) is 6.25. The fourth-order valence-electron chi connectivity index (χ4n) is 1.01. The summed E-state index contributed by atoms with van der Waals surface area (Å²) >= 11 is 0. The van der Waals surface area contributed by atoms with E-state index in [0.717, 1.165) is 6.20 Å². The van der Waals surface area contributed by atoms with Gasteiger partial charge in [-0.25, -0.2) is 14.8 Å². The van der Waals surface area contributed by atoms with Crippen molar-refractivity contribution in [3.63, 3.8) is 0 Å². The summed E-state index contributed by atoms with van der Waals surface area (Å²) in [5, 5.41) is 8.80. The molecule has 0 saturated heterocycles. The van der Waals surface area contributed by atoms with Gasteiger partial charge < -0.3 is 9.84 Å². The lowest BCUT2D eigenvalue weighted by Crippen LogP contribution is -2.33. The van der Waals surface area contributed by atoms with E-state index >= 15 is 0 Å². The second-order valence-corrected chi connectivity index (χ2v) is 4.55. The van der Waals surface area contributed by atoms with Crippen molar-refractivity contribution in [3.8, 4) is 0 Å². The first kappa shape index (κ1) is 14.3. The maximum atomic E-state index is 11.5. The Hall–Kier alpha value is -1.78. The monoisotopic (exact) mass is 276 g/mol. The number of carboxylic acids is 1. The minimum atomic E-state index is -3.91. The van der Waals surface area contributed by atoms with E-state index in [1.54, 1.807) is 0 Å². The van der Waals surface area contributed by atoms with Gasteiger partial charge in [0.25, 0.3) is 10.2 Å². The molecule has 0 fully saturated rings. The van der Waals surface area contributed by atoms with Gasteiger partial charge in [0.2, 0.25) is 0 Å². The number of ether oxygens (including phenoxy) is 1. The number of hydrogen-bond donors (Lipinski definition) is 3. The number of carboxylic acid groups (broad SMARTS) is 1. The van der Waals surface area contributed by atoms with Gasteiger partial charge in [-0.1, -0.05) is 0 Å². The van der Waals surface area contributed by atoms with Crippen LogP contribution in [0.1, 0.15) is 10.5 Å². The molecule has 0 aliphatic heterocycles. The van der Waals surface area contributed by atoms with Crippen molar-refractivity contribution in [2.75, 3.05) is 25.0 Å². The number of carbonyl (C=O) groups is 1. The quantitative estimate of drug-likeness (QED) is 0.548. The van der Waals surface area contributed by atoms with Gasteiger partial charge in [0.15, 0.2) is 11.5 Å². The van der Waals surface area contributed by atoms with Crippen LogP contribution in [0.15, 0.2) is 12.4 Å². The van der Waals surface area contributed by atoms with E-state index < -0.39 is 21.9 Å². The van der Waals surface area contributed by atoms with Gasteiger partial charge in [-0.15, -0.1) is 0 Å². The molecule has 0 radical (unpaired) electrons. The molecule has 0 saturated carbocycles. The van der Waals surface area contributed by atoms with E-state index in [4.69, 9.17) is 5.11 Å². The molecule has 0 bridgehead atoms. The first-order chi connectivity index (χ1) is 8.46. The number of aromatic carboxylic acids is 1. The summed E-state index contributed by atoms with van der Waals surface area (Å²) in [7, 11) is -2.49. The van der Waals surface area contributed by atoms with Crippen molar-refractivity contribution >= 4 is 22.0 Å². The molecule has 0 aromatic carbocycles. The van der Waals surface area contributed by atoms with Crippen molar-refractivity contribution in [2.45, 2.75) is 0 Å². The Morgan fingerprint density at radius 1 is 1.44 bits per heavy atom. The van der Waals surface area contributed by atoms with Crippen LogP contribution in [0.5, 0.6) is 0 Å². The fourth-order valence-corrected chi connectivity index (χ4v) is 1.84. The minimum absolute atomic E-state index is 0.0501. The predicted molar refractivity (Wildman–Crippen MR) is 61.4 cm³/mol. The zero-order valence-corrected chi connectivity index (χ0v) is 10.3. The zero-order valence-electron chi connectivity index (χ0n) is 9.45. The van der Waals surface area contributed by atoms with E-state index in [1.165, 1.54) is 13.3 Å². The molecule has 0 spiro atoms. The van der Waals surface area contributed by atoms with Crippen LogP contribution in [0, 0.1) is 0 Å². The van der Waals surface area contributed by atoms with Crippen molar-refractivity contribution in [2.24, 2.45) is 0 Å². The van der Waals surface area contributed by atoms with Gasteiger partial charge in [0.05, 0.1) is 6.61 Å². The van der Waals surface area contributed by atoms with Gasteiger partial charge in [-0.3, -0.25) is 4.72 Å². The Morgan fingerprint density at radius 3 is 2.72 bits per heavy atom. The fraction of sp³-hybridized carbons (Fsp3) is 0.375. The molecule has 1 aromatic heterocycles. The van der Waals surface area contributed by atoms with Crippen LogP contribution >= 0.6 is 0 Å². The highest BCUT2D eigenvalue weighted by atomic mass is 32.2. The van der Waals surface area contributed by atoms with E-state index in [2.05, 4.69) is 19.4 Å². The molecule has 10 heteroatoms. The lowest BCUT2D eigenvalue weighted by Gasteiger charge is -2.09. The second kappa shape index (κ2) is 6.23. The van der Waals surface area contributed by atoms with E-state index in [9.17, 15) is 13.2 Å². The maximum Gasteiger partial charge on any atom is 0.358 e. The predicted octanol–water partition coefficient (Wildman–Crippen LogP) is -0.932. The SMILES string of the molecule is COCCNS(=O)(=O)Nc1nccnc1C(=O)O. The summed E-state index contributed by atoms with van der Waals surface area (Å²) in [4.78, 5) is 17.9. The number of nitrogens with one attached hydrogen (secondary N) is 2. The molecule has 9 nitrogen and oxygen atoms in total. The highest BCUT2D eigenvalue weighted by Gasteiger charge is 2.17. The Balaban J connectivity index is 2.81. The smallest absolute Gasteiger partial charge is 0.358 e. The number of nitrogens with zero attached hydrogens (tertiary/aromatic N) is 2. The summed E-state index contributed by atoms with van der Waals surface area (Å²) in [5.74, 6) is -1.73. The lowest BCUT2D eigenvalue weighted by atomic mass is 10.4. The van der Waals surface area contributed by atoms with Crippen molar-refractivity contribution in [3.05, 3.63) is 18.1 Å². The molecule has 0 aliphatic carbocycles. The van der Waals surface area contributed by atoms with Crippen LogP contribution in [-0.2, 0) is 14.9 Å². The van der Waals surface area contributed by atoms with Gasteiger partial charge >= 0.3 is 5.97 Å². The molecule has 18 heavy (non-hydrogen) atoms. The molecule has 100 valence electrons. The third-order valence-corrected chi connectivity index (χ3v) is 2.78. The number of rotatable bonds is 7. The molecule has 1 aromatic rings. The van der Waals surface area contributed by atoms with Crippen LogP contribution in [-0.4, -0.2) is 49.7 Å². The third kappa shape index (κ3) is 4.24. The van der Waals surface area contributed by atoms with Crippen LogP contribution in [0.3, 0.4) is 0 Å². The topological polar surface area (TPSA) is 131 Å². The Bertz CT molecular complexity index is 518. The standard InChI is InChI=1S/C8H12N4O5S/c1-17-5-4-11-18(15,16)12-7-6(8(13)14)9-2-3-10-7/h2-3,11H,4-5H2,1H3,(H,10,12)(H,13,14). The van der Waals surface area contributed by atoms with Crippen LogP contribution < -0.4 is 9.44 Å². The van der Waals surface area contributed by atoms with Crippen LogP contribution in [0.2, 0.25) is 0 Å². The summed E-state index contributed by atoms with van der Waals surface area (Å²) in [6, 6.07) is 0. The second-order valence-electron chi connectivity index (χ2n) is 3.05. The van der Waals surface area contributed by atoms with Gasteiger partial charge in [0.1, 0.15) is 0 Å². The average molecular weight is 276 g/mol. The van der Waals surface area contributed by atoms with Gasteiger partial charge in [0, 0.05) is 26.0 Å². The molecule has 0 amide bonds. The van der Waals surface area contributed by atoms with Gasteiger partial charge in [-0.05, 0) is 0 Å². The first-order valence-electron chi connectivity index (χ1n) is 4.77. The van der Waals surface area contributed by atoms with Gasteiger partial charge in [-0.2, -0.15) is 13.1 Å². The molecular weight excluding hydrogens is 264 g/mol. The number of aromatic nitrogens is 2. The Kier molecular flexibility index (Phi) is 4.95. The highest BCUT2D eigenvalue weighted by Crippen LogP contribution is 2.09. The number of methoxy groups -OCH3 is 1. The van der Waals surface area contributed by atoms with E-state index in [-0.39, 0.29) is 19.0 Å². The molecular formula is C8H12N4O5S. The third-order valence-electron chi connectivity index (χ3n) is 1.73. The Labute approximate surface area is 103 Å². The van der Waals surface area contributed by atoms with Crippen molar-refractivity contribution in [1.82, 2.24) is 14.7 Å². The zero-order chi connectivity index (χ0) is 13.6. The molecule has 1 rings (SSSR count). The summed E-state index contributed by atoms with van der Waals surface area (Å²) in [6.45, 7) is 0.238. The van der Waals surface area contributed by atoms with Crippen LogP contribution in [0.25, 0.3) is 0 Å². The lowest BCUT2D eigenvalue weighted by molar-refractivity contribution is 0.0691. The van der Waals surface area contributed by atoms with Crippen molar-refractivity contribution in [1.29, 1.82) is 0 Å². The molecule has 0 aliphatic rings. The normalized spacial score (nSPS) is 11.2. The van der Waals surface area contributed by atoms with E-state index in [0.29, 0.717) is 0 Å². The molecule has 3 N–H and O–H groups in total. The summed E-state index contributed by atoms with van der Waals surface area (Å²) in [5.41, 5.74) is -0.477. The largest absolute Gasteiger partial charge is 0.476 e. The maximum absolute atomic E-state index is 11.5. The number of anilines is 1. The molecule has 0 unspecified atom stereocenters. The molecule has 1 heterocycles. The highest BCUT2D eigenvalue weighted by molar-refractivity contribution is 7.90. The summed E-state index contributed by atoms with van der Waals surface area (Å²) < 4.78 is 31.8. The average Bonchev–Trinajstić information content (AvgIpc) is 2.29. The van der Waals surface area contributed by atoms with Crippen LogP contribution in [0.4, 0.5) is 5.82 Å². The Morgan fingerprint density at radius 2 is 2.11 bits per heavy atom. The summed E-state index contributed by atoms with van der Waals surface area (Å²) in [6.07, 6.45) is 2.33. The number of hydrogen-bond acceptors (Lipinski definition) is 6. The van der Waals surface area contributed by atoms with Crippen molar-refractivity contribution < 1.29 is 23.1 Å².